The highest BCUT2D eigenvalue weighted by Gasteiger charge is 2.23. The molecule has 138 valence electrons. The highest BCUT2D eigenvalue weighted by Crippen LogP contribution is 2.20. The molecule has 25 heavy (non-hydrogen) atoms. The van der Waals surface area contributed by atoms with Gasteiger partial charge in [0.1, 0.15) is 0 Å². The van der Waals surface area contributed by atoms with Gasteiger partial charge in [-0.3, -0.25) is 9.59 Å². The Morgan fingerprint density at radius 1 is 1.28 bits per heavy atom. The molecule has 1 atom stereocenters. The van der Waals surface area contributed by atoms with Gasteiger partial charge in [0.2, 0.25) is 10.0 Å². The molecule has 0 bridgehead atoms. The quantitative estimate of drug-likeness (QED) is 0.647. The second kappa shape index (κ2) is 8.44. The fourth-order valence-corrected chi connectivity index (χ4v) is 4.23. The first-order chi connectivity index (χ1) is 11.8. The Labute approximate surface area is 147 Å². The van der Waals surface area contributed by atoms with Crippen LogP contribution in [0.4, 0.5) is 0 Å². The van der Waals surface area contributed by atoms with Crippen molar-refractivity contribution in [2.24, 2.45) is 5.92 Å². The van der Waals surface area contributed by atoms with Crippen molar-refractivity contribution in [3.05, 3.63) is 29.8 Å². The predicted octanol–water partition coefficient (Wildman–Crippen LogP) is 1.75. The molecule has 2 rings (SSSR count). The van der Waals surface area contributed by atoms with Crippen LogP contribution in [0.25, 0.3) is 0 Å². The lowest BCUT2D eigenvalue weighted by Crippen LogP contribution is -2.33. The first-order valence-corrected chi connectivity index (χ1v) is 9.88. The molecule has 1 saturated carbocycles. The Kier molecular flexibility index (Phi) is 6.55. The van der Waals surface area contributed by atoms with Crippen LogP contribution in [0.3, 0.4) is 0 Å². The number of amides is 1. The van der Waals surface area contributed by atoms with Crippen LogP contribution < -0.4 is 10.0 Å². The Balaban J connectivity index is 2.02. The van der Waals surface area contributed by atoms with Crippen LogP contribution in [0.5, 0.6) is 0 Å². The Morgan fingerprint density at radius 3 is 2.60 bits per heavy atom. The van der Waals surface area contributed by atoms with E-state index in [1.165, 1.54) is 24.3 Å². The van der Waals surface area contributed by atoms with Crippen molar-refractivity contribution in [3.63, 3.8) is 0 Å². The van der Waals surface area contributed by atoms with Crippen LogP contribution >= 0.6 is 0 Å². The number of carboxylic acids is 1. The number of rotatable bonds is 8. The number of aliphatic carboxylic acids is 1. The van der Waals surface area contributed by atoms with Crippen LogP contribution in [0.2, 0.25) is 0 Å². The van der Waals surface area contributed by atoms with E-state index in [4.69, 9.17) is 5.11 Å². The van der Waals surface area contributed by atoms with Crippen LogP contribution in [0.1, 0.15) is 49.4 Å². The fraction of sp³-hybridized carbons (Fsp3) is 0.529. The number of nitrogens with one attached hydrogen (secondary N) is 2. The van der Waals surface area contributed by atoms with E-state index >= 15 is 0 Å². The van der Waals surface area contributed by atoms with E-state index < -0.39 is 21.9 Å². The maximum Gasteiger partial charge on any atom is 0.303 e. The molecule has 8 heteroatoms. The van der Waals surface area contributed by atoms with Gasteiger partial charge in [0.15, 0.2) is 0 Å². The van der Waals surface area contributed by atoms with E-state index in [1.807, 2.05) is 0 Å². The van der Waals surface area contributed by atoms with Crippen LogP contribution in [0.15, 0.2) is 29.2 Å². The molecule has 1 unspecified atom stereocenters. The van der Waals surface area contributed by atoms with Crippen molar-refractivity contribution in [3.8, 4) is 0 Å². The van der Waals surface area contributed by atoms with Gasteiger partial charge in [-0.2, -0.15) is 0 Å². The van der Waals surface area contributed by atoms with E-state index in [2.05, 4.69) is 10.0 Å². The van der Waals surface area contributed by atoms with Gasteiger partial charge in [-0.05, 0) is 37.0 Å². The molecule has 1 aliphatic rings. The normalized spacial score (nSPS) is 16.5. The number of hydrogen-bond acceptors (Lipinski definition) is 4. The summed E-state index contributed by atoms with van der Waals surface area (Å²) in [6.07, 6.45) is 3.66. The Morgan fingerprint density at radius 2 is 1.96 bits per heavy atom. The molecule has 7 nitrogen and oxygen atoms in total. The fourth-order valence-electron chi connectivity index (χ4n) is 2.87. The SMILES string of the molecule is CC(CNC(=O)c1cccc(S(=O)(=O)NC2CCCC2)c1)CC(=O)O. The first kappa shape index (κ1) is 19.4. The second-order valence-electron chi connectivity index (χ2n) is 6.54. The van der Waals surface area contributed by atoms with Gasteiger partial charge in [-0.25, -0.2) is 13.1 Å². The molecule has 1 aliphatic carbocycles. The van der Waals surface area contributed by atoms with Crippen molar-refractivity contribution >= 4 is 21.9 Å². The number of carbonyl (C=O) groups excluding carboxylic acids is 1. The van der Waals surface area contributed by atoms with Crippen molar-refractivity contribution in [1.29, 1.82) is 0 Å². The lowest BCUT2D eigenvalue weighted by atomic mass is 10.1. The summed E-state index contributed by atoms with van der Waals surface area (Å²) in [5, 5.41) is 11.4. The molecule has 1 amide bonds. The molecule has 0 saturated heterocycles. The third-order valence-corrected chi connectivity index (χ3v) is 5.74. The number of carboxylic acid groups (broad SMARTS) is 1. The lowest BCUT2D eigenvalue weighted by Gasteiger charge is -2.14. The lowest BCUT2D eigenvalue weighted by molar-refractivity contribution is -0.137. The summed E-state index contributed by atoms with van der Waals surface area (Å²) in [7, 11) is -3.65. The van der Waals surface area contributed by atoms with E-state index in [-0.39, 0.29) is 35.4 Å². The molecule has 1 aromatic rings. The average molecular weight is 368 g/mol. The number of carbonyl (C=O) groups is 2. The molecule has 1 fully saturated rings. The molecule has 1 aromatic carbocycles. The monoisotopic (exact) mass is 368 g/mol. The molecule has 0 aromatic heterocycles. The van der Waals surface area contributed by atoms with Gasteiger partial charge in [0.05, 0.1) is 4.90 Å². The van der Waals surface area contributed by atoms with Crippen molar-refractivity contribution in [2.45, 2.75) is 50.0 Å². The van der Waals surface area contributed by atoms with Gasteiger partial charge < -0.3 is 10.4 Å². The summed E-state index contributed by atoms with van der Waals surface area (Å²) < 4.78 is 27.6. The van der Waals surface area contributed by atoms with Gasteiger partial charge in [0.25, 0.3) is 5.91 Å². The summed E-state index contributed by atoms with van der Waals surface area (Å²) in [6, 6.07) is 5.82. The highest BCUT2D eigenvalue weighted by molar-refractivity contribution is 7.89. The summed E-state index contributed by atoms with van der Waals surface area (Å²) in [4.78, 5) is 22.9. The number of hydrogen-bond donors (Lipinski definition) is 3. The highest BCUT2D eigenvalue weighted by atomic mass is 32.2. The molecule has 3 N–H and O–H groups in total. The minimum Gasteiger partial charge on any atom is -0.481 e. The zero-order chi connectivity index (χ0) is 18.4. The maximum atomic E-state index is 12.4. The van der Waals surface area contributed by atoms with Gasteiger partial charge in [0, 0.05) is 24.6 Å². The molecule has 0 aliphatic heterocycles. The largest absolute Gasteiger partial charge is 0.481 e. The summed E-state index contributed by atoms with van der Waals surface area (Å²) in [5.74, 6) is -1.56. The minimum atomic E-state index is -3.65. The van der Waals surface area contributed by atoms with Crippen LogP contribution in [-0.2, 0) is 14.8 Å². The van der Waals surface area contributed by atoms with E-state index in [9.17, 15) is 18.0 Å². The maximum absolute atomic E-state index is 12.4. The van der Waals surface area contributed by atoms with E-state index in [0.717, 1.165) is 25.7 Å². The van der Waals surface area contributed by atoms with Gasteiger partial charge in [-0.15, -0.1) is 0 Å². The zero-order valence-electron chi connectivity index (χ0n) is 14.2. The standard InChI is InChI=1S/C17H24N2O5S/c1-12(9-16(20)21)11-18-17(22)13-5-4-8-15(10-13)25(23,24)19-14-6-2-3-7-14/h4-5,8,10,12,14,19H,2-3,6-7,9,11H2,1H3,(H,18,22)(H,20,21). The number of benzene rings is 1. The molecule has 0 spiro atoms. The van der Waals surface area contributed by atoms with Gasteiger partial charge >= 0.3 is 5.97 Å². The molecular weight excluding hydrogens is 344 g/mol. The second-order valence-corrected chi connectivity index (χ2v) is 8.26. The van der Waals surface area contributed by atoms with Crippen molar-refractivity contribution < 1.29 is 23.1 Å². The van der Waals surface area contributed by atoms with Gasteiger partial charge in [-0.1, -0.05) is 25.8 Å². The zero-order valence-corrected chi connectivity index (χ0v) is 15.0. The topological polar surface area (TPSA) is 113 Å². The number of sulfonamides is 1. The Hall–Kier alpha value is -1.93. The van der Waals surface area contributed by atoms with Crippen molar-refractivity contribution in [1.82, 2.24) is 10.0 Å². The third kappa shape index (κ3) is 5.82. The molecule has 0 heterocycles. The Bertz CT molecular complexity index is 726. The summed E-state index contributed by atoms with van der Waals surface area (Å²) in [5.41, 5.74) is 0.233. The minimum absolute atomic E-state index is 0.0417. The summed E-state index contributed by atoms with van der Waals surface area (Å²) >= 11 is 0. The molecular formula is C17H24N2O5S. The average Bonchev–Trinajstić information content (AvgIpc) is 3.04. The van der Waals surface area contributed by atoms with E-state index in [1.54, 1.807) is 6.92 Å². The first-order valence-electron chi connectivity index (χ1n) is 8.40. The third-order valence-electron chi connectivity index (χ3n) is 4.22. The van der Waals surface area contributed by atoms with E-state index in [0.29, 0.717) is 0 Å². The van der Waals surface area contributed by atoms with Crippen LogP contribution in [0, 0.1) is 5.92 Å². The smallest absolute Gasteiger partial charge is 0.303 e. The summed E-state index contributed by atoms with van der Waals surface area (Å²) in [6.45, 7) is 1.93. The molecule has 0 radical (unpaired) electrons. The van der Waals surface area contributed by atoms with Crippen LogP contribution in [-0.4, -0.2) is 38.0 Å². The predicted molar refractivity (Wildman–Crippen MR) is 92.8 cm³/mol. The van der Waals surface area contributed by atoms with Crippen molar-refractivity contribution in [2.75, 3.05) is 6.54 Å².